The quantitative estimate of drug-likeness (QED) is 0.296. The van der Waals surface area contributed by atoms with E-state index in [9.17, 15) is 0 Å². The van der Waals surface area contributed by atoms with Crippen molar-refractivity contribution < 1.29 is 13.2 Å². The first-order valence-electron chi connectivity index (χ1n) is 9.75. The van der Waals surface area contributed by atoms with Crippen molar-refractivity contribution in [1.29, 1.82) is 0 Å². The first kappa shape index (κ1) is 26.3. The number of nitrogens with zero attached hydrogens (tertiary/aromatic N) is 5. The second-order valence-electron chi connectivity index (χ2n) is 6.80. The van der Waals surface area contributed by atoms with Gasteiger partial charge in [0.25, 0.3) is 0 Å². The standard InChI is InChI=1S/C19H31N5.CH3.2BrH.Ru/c1-3-5-10-21-12-14-23(16-21)18-8-7-9-19(20-18)24-15-13-22(17-24)11-6-4-2;;;;/h7-9,16-17H,3-6,10-15H2,1-2H3;1H3;2*1H;/q-2;-1;;;+2/p-2. The Labute approximate surface area is 193 Å². The summed E-state index contributed by atoms with van der Waals surface area (Å²) in [7, 11) is 0. The Morgan fingerprint density at radius 2 is 1.32 bits per heavy atom. The predicted molar refractivity (Wildman–Crippen MR) is 125 cm³/mol. The maximum atomic E-state index is 4.90. The van der Waals surface area contributed by atoms with Crippen molar-refractivity contribution in [3.05, 3.63) is 39.0 Å². The normalized spacial score (nSPS) is 17.6. The summed E-state index contributed by atoms with van der Waals surface area (Å²) in [6.45, 7) is 15.5. The van der Waals surface area contributed by atoms with E-state index in [4.69, 9.17) is 4.98 Å². The van der Waals surface area contributed by atoms with E-state index in [1.54, 1.807) is 0 Å². The Bertz CT molecular complexity index is 496. The molecule has 0 aliphatic carbocycles. The van der Waals surface area contributed by atoms with Crippen molar-refractivity contribution in [2.75, 3.05) is 49.1 Å². The maximum absolute atomic E-state index is 4.90. The maximum Gasteiger partial charge on any atom is -0.358 e. The summed E-state index contributed by atoms with van der Waals surface area (Å²) in [6, 6.07) is 6.37. The summed E-state index contributed by atoms with van der Waals surface area (Å²) in [5, 5.41) is 0. The summed E-state index contributed by atoms with van der Waals surface area (Å²) in [5.41, 5.74) is 0. The molecule has 1 aromatic heterocycles. The minimum absolute atomic E-state index is 0. The van der Waals surface area contributed by atoms with Crippen LogP contribution in [-0.2, 0) is 13.2 Å². The van der Waals surface area contributed by atoms with Gasteiger partial charge in [-0.1, -0.05) is 32.8 Å². The van der Waals surface area contributed by atoms with Crippen LogP contribution in [0.25, 0.3) is 0 Å². The minimum Gasteiger partial charge on any atom is -0.358 e. The molecule has 0 atom stereocenters. The van der Waals surface area contributed by atoms with Gasteiger partial charge in [0.2, 0.25) is 0 Å². The zero-order valence-electron chi connectivity index (χ0n) is 17.3. The molecule has 0 unspecified atom stereocenters. The van der Waals surface area contributed by atoms with E-state index in [0.29, 0.717) is 13.2 Å². The van der Waals surface area contributed by atoms with Crippen molar-refractivity contribution in [2.24, 2.45) is 0 Å². The van der Waals surface area contributed by atoms with Crippen molar-refractivity contribution in [1.82, 2.24) is 14.8 Å². The van der Waals surface area contributed by atoms with Gasteiger partial charge in [-0.05, 0) is 51.2 Å². The predicted octanol–water partition coefficient (Wildman–Crippen LogP) is 5.30. The van der Waals surface area contributed by atoms with Gasteiger partial charge < -0.3 is 27.0 Å². The fraction of sp³-hybridized carbons (Fsp3) is 0.600. The molecule has 0 aromatic carbocycles. The zero-order chi connectivity index (χ0) is 19.5. The molecule has 0 radical (unpaired) electrons. The van der Waals surface area contributed by atoms with Crippen LogP contribution in [0.2, 0.25) is 0 Å². The third-order valence-corrected chi connectivity index (χ3v) is 4.77. The van der Waals surface area contributed by atoms with Crippen molar-refractivity contribution in [3.8, 4) is 0 Å². The molecule has 2 saturated heterocycles. The third-order valence-electron chi connectivity index (χ3n) is 4.77. The van der Waals surface area contributed by atoms with Crippen LogP contribution >= 0.6 is 27.2 Å². The Morgan fingerprint density at radius 1 is 0.893 bits per heavy atom. The molecule has 2 aliphatic heterocycles. The minimum atomic E-state index is 0. The molecule has 0 bridgehead atoms. The average molecular weight is 605 g/mol. The first-order valence-corrected chi connectivity index (χ1v) is 17.7. The van der Waals surface area contributed by atoms with Crippen LogP contribution in [0.3, 0.4) is 0 Å². The molecular formula is C20H34Br2N5Ru-3. The molecule has 2 fully saturated rings. The summed E-state index contributed by atoms with van der Waals surface area (Å²) < 4.78 is 0. The summed E-state index contributed by atoms with van der Waals surface area (Å²) in [5.74, 6) is 2.12. The number of unbranched alkanes of at least 4 members (excludes halogenated alkanes) is 2. The molecule has 0 spiro atoms. The molecule has 5 nitrogen and oxygen atoms in total. The molecule has 8 heteroatoms. The van der Waals surface area contributed by atoms with E-state index in [0.717, 1.165) is 50.9 Å². The van der Waals surface area contributed by atoms with Gasteiger partial charge in [0, 0.05) is 13.1 Å². The molecule has 0 saturated carbocycles. The van der Waals surface area contributed by atoms with Crippen molar-refractivity contribution >= 4 is 38.9 Å². The van der Waals surface area contributed by atoms with Gasteiger partial charge >= 0.3 is 40.5 Å². The van der Waals surface area contributed by atoms with Gasteiger partial charge in [-0.15, -0.1) is 0 Å². The number of rotatable bonds is 8. The number of pyridine rings is 1. The van der Waals surface area contributed by atoms with E-state index in [1.807, 2.05) is 0 Å². The van der Waals surface area contributed by atoms with Crippen LogP contribution in [0.15, 0.2) is 18.2 Å². The van der Waals surface area contributed by atoms with Gasteiger partial charge in [0.15, 0.2) is 0 Å². The van der Waals surface area contributed by atoms with Gasteiger partial charge in [-0.25, -0.2) is 4.98 Å². The summed E-state index contributed by atoms with van der Waals surface area (Å²) in [4.78, 5) is 14.3. The fourth-order valence-corrected chi connectivity index (χ4v) is 3.24. The molecular weight excluding hydrogens is 571 g/mol. The van der Waals surface area contributed by atoms with Crippen LogP contribution in [-0.4, -0.2) is 54.1 Å². The number of aromatic nitrogens is 1. The fourth-order valence-electron chi connectivity index (χ4n) is 3.24. The average Bonchev–Trinajstić information content (AvgIpc) is 3.35. The number of anilines is 2. The molecule has 0 amide bonds. The number of halogens is 2. The molecule has 0 N–H and O–H groups in total. The molecule has 164 valence electrons. The first-order chi connectivity index (χ1) is 13.2. The van der Waals surface area contributed by atoms with E-state index in [1.165, 1.54) is 25.7 Å². The number of hydrogen-bond donors (Lipinski definition) is 0. The van der Waals surface area contributed by atoms with Crippen LogP contribution in [0, 0.1) is 20.8 Å². The Kier molecular flexibility index (Phi) is 14.2. The van der Waals surface area contributed by atoms with E-state index >= 15 is 0 Å². The third kappa shape index (κ3) is 8.55. The Balaban J connectivity index is 0.000000921. The second-order valence-corrected chi connectivity index (χ2v) is 14.8. The Morgan fingerprint density at radius 3 is 1.71 bits per heavy atom. The number of hydrogen-bond acceptors (Lipinski definition) is 5. The molecule has 2 aliphatic rings. The molecule has 3 rings (SSSR count). The van der Waals surface area contributed by atoms with Gasteiger partial charge in [0.1, 0.15) is 11.6 Å². The Hall–Kier alpha value is 0.253. The van der Waals surface area contributed by atoms with Gasteiger partial charge in [-0.2, -0.15) is 13.3 Å². The smallest absolute Gasteiger partial charge is 0.358 e. The molecule has 3 heterocycles. The van der Waals surface area contributed by atoms with Crippen LogP contribution in [0.5, 0.6) is 0 Å². The van der Waals surface area contributed by atoms with E-state index in [2.05, 4.69) is 92.2 Å². The summed E-state index contributed by atoms with van der Waals surface area (Å²) >= 11 is 6.64. The zero-order valence-corrected chi connectivity index (χ0v) is 22.2. The SMILES string of the molecule is CCCCN1[CH-]N(c2cccc(N3[CH-]N(CCCC)CC3)n2)CC1.[Br][Ru][Br].[CH3-]. The van der Waals surface area contributed by atoms with Crippen LogP contribution < -0.4 is 9.80 Å². The van der Waals surface area contributed by atoms with Gasteiger partial charge in [-0.3, -0.25) is 0 Å². The topological polar surface area (TPSA) is 25.9 Å². The molecule has 1 aromatic rings. The van der Waals surface area contributed by atoms with Crippen LogP contribution in [0.4, 0.5) is 11.6 Å². The van der Waals surface area contributed by atoms with Crippen molar-refractivity contribution in [2.45, 2.75) is 39.5 Å². The molecule has 28 heavy (non-hydrogen) atoms. The monoisotopic (exact) mass is 604 g/mol. The largest absolute Gasteiger partial charge is 0.358 e. The summed E-state index contributed by atoms with van der Waals surface area (Å²) in [6.07, 6.45) is 5.01. The van der Waals surface area contributed by atoms with E-state index in [-0.39, 0.29) is 7.43 Å². The van der Waals surface area contributed by atoms with Crippen molar-refractivity contribution in [3.63, 3.8) is 0 Å². The van der Waals surface area contributed by atoms with Gasteiger partial charge in [0.05, 0.1) is 0 Å². The van der Waals surface area contributed by atoms with E-state index < -0.39 is 0 Å². The van der Waals surface area contributed by atoms with Crippen LogP contribution in [0.1, 0.15) is 39.5 Å². The second kappa shape index (κ2) is 15.1.